The van der Waals surface area contributed by atoms with Gasteiger partial charge in [-0.2, -0.15) is 0 Å². The minimum atomic E-state index is -0.475. The molecular formula is C17H14FNO2. The summed E-state index contributed by atoms with van der Waals surface area (Å²) in [4.78, 5) is 11.3. The van der Waals surface area contributed by atoms with Crippen molar-refractivity contribution in [1.82, 2.24) is 0 Å². The second-order valence-electron chi connectivity index (χ2n) is 4.91. The topological polar surface area (TPSA) is 38.3 Å². The molecule has 4 heteroatoms. The lowest BCUT2D eigenvalue weighted by Crippen LogP contribution is -2.26. The van der Waals surface area contributed by atoms with Gasteiger partial charge >= 0.3 is 0 Å². The Labute approximate surface area is 122 Å². The van der Waals surface area contributed by atoms with Crippen LogP contribution in [0.3, 0.4) is 0 Å². The van der Waals surface area contributed by atoms with Crippen molar-refractivity contribution in [3.05, 3.63) is 58.9 Å². The summed E-state index contributed by atoms with van der Waals surface area (Å²) in [6.07, 6.45) is 3.73. The summed E-state index contributed by atoms with van der Waals surface area (Å²) in [5.41, 5.74) is 3.25. The first-order valence-corrected chi connectivity index (χ1v) is 6.63. The second kappa shape index (κ2) is 5.40. The Morgan fingerprint density at radius 1 is 1.24 bits per heavy atom. The van der Waals surface area contributed by atoms with Crippen molar-refractivity contribution in [2.24, 2.45) is 0 Å². The van der Waals surface area contributed by atoms with Gasteiger partial charge in [0.05, 0.1) is 5.69 Å². The maximum absolute atomic E-state index is 14.0. The molecule has 106 valence electrons. The van der Waals surface area contributed by atoms with Gasteiger partial charge in [-0.25, -0.2) is 4.39 Å². The monoisotopic (exact) mass is 283 g/mol. The van der Waals surface area contributed by atoms with E-state index in [0.29, 0.717) is 11.3 Å². The molecule has 21 heavy (non-hydrogen) atoms. The van der Waals surface area contributed by atoms with E-state index in [1.165, 1.54) is 6.07 Å². The molecule has 1 heterocycles. The fourth-order valence-corrected chi connectivity index (χ4v) is 2.23. The maximum Gasteiger partial charge on any atom is 0.262 e. The van der Waals surface area contributed by atoms with E-state index < -0.39 is 5.82 Å². The number of hydrogen-bond acceptors (Lipinski definition) is 2. The number of hydrogen-bond donors (Lipinski definition) is 1. The van der Waals surface area contributed by atoms with Crippen LogP contribution in [0.25, 0.3) is 12.2 Å². The Kier molecular flexibility index (Phi) is 3.44. The number of anilines is 1. The number of amides is 1. The van der Waals surface area contributed by atoms with Crippen LogP contribution in [-0.2, 0) is 4.79 Å². The summed E-state index contributed by atoms with van der Waals surface area (Å²) >= 11 is 0. The van der Waals surface area contributed by atoms with Gasteiger partial charge in [0.1, 0.15) is 0 Å². The van der Waals surface area contributed by atoms with Gasteiger partial charge in [-0.1, -0.05) is 36.4 Å². The van der Waals surface area contributed by atoms with Crippen molar-refractivity contribution >= 4 is 23.7 Å². The number of carbonyl (C=O) groups excluding carboxylic acids is 1. The molecule has 3 nitrogen and oxygen atoms in total. The van der Waals surface area contributed by atoms with Crippen molar-refractivity contribution < 1.29 is 13.9 Å². The van der Waals surface area contributed by atoms with Crippen molar-refractivity contribution in [3.63, 3.8) is 0 Å². The number of benzene rings is 2. The van der Waals surface area contributed by atoms with E-state index in [-0.39, 0.29) is 18.3 Å². The predicted molar refractivity (Wildman–Crippen MR) is 80.6 cm³/mol. The molecule has 2 aromatic rings. The minimum absolute atomic E-state index is 0.0997. The Morgan fingerprint density at radius 2 is 2.05 bits per heavy atom. The molecule has 0 unspecified atom stereocenters. The SMILES string of the molecule is Cc1ccccc1C=Cc1cc(F)c2c(c1)NC(=O)CO2. The number of halogens is 1. The molecule has 1 aliphatic rings. The van der Waals surface area contributed by atoms with Gasteiger partial charge in [0.25, 0.3) is 5.91 Å². The summed E-state index contributed by atoms with van der Waals surface area (Å²) in [5, 5.41) is 2.61. The molecule has 0 saturated carbocycles. The summed E-state index contributed by atoms with van der Waals surface area (Å²) in [6.45, 7) is 1.86. The van der Waals surface area contributed by atoms with Gasteiger partial charge in [0.15, 0.2) is 18.2 Å². The molecule has 0 aromatic heterocycles. The molecule has 1 N–H and O–H groups in total. The third kappa shape index (κ3) is 2.79. The van der Waals surface area contributed by atoms with Crippen LogP contribution in [0.4, 0.5) is 10.1 Å². The molecule has 0 spiro atoms. The molecule has 0 bridgehead atoms. The Bertz CT molecular complexity index is 738. The van der Waals surface area contributed by atoms with Gasteiger partial charge in [-0.15, -0.1) is 0 Å². The number of ether oxygens (including phenoxy) is 1. The quantitative estimate of drug-likeness (QED) is 0.855. The highest BCUT2D eigenvalue weighted by molar-refractivity contribution is 5.96. The highest BCUT2D eigenvalue weighted by atomic mass is 19.1. The smallest absolute Gasteiger partial charge is 0.262 e. The van der Waals surface area contributed by atoms with Crippen molar-refractivity contribution in [3.8, 4) is 5.75 Å². The average Bonchev–Trinajstić information content (AvgIpc) is 2.46. The van der Waals surface area contributed by atoms with Crippen LogP contribution in [0.15, 0.2) is 36.4 Å². The van der Waals surface area contributed by atoms with Crippen LogP contribution in [0, 0.1) is 12.7 Å². The Morgan fingerprint density at radius 3 is 2.86 bits per heavy atom. The van der Waals surface area contributed by atoms with Crippen LogP contribution in [0.1, 0.15) is 16.7 Å². The first-order chi connectivity index (χ1) is 10.1. The first-order valence-electron chi connectivity index (χ1n) is 6.63. The first kappa shape index (κ1) is 13.4. The maximum atomic E-state index is 14.0. The van der Waals surface area contributed by atoms with Crippen LogP contribution in [0.2, 0.25) is 0 Å². The van der Waals surface area contributed by atoms with Crippen molar-refractivity contribution in [2.45, 2.75) is 6.92 Å². The summed E-state index contributed by atoms with van der Waals surface area (Å²) in [6, 6.07) is 11.0. The highest BCUT2D eigenvalue weighted by Crippen LogP contribution is 2.32. The summed E-state index contributed by atoms with van der Waals surface area (Å²) < 4.78 is 19.0. The molecule has 0 aliphatic carbocycles. The van der Waals surface area contributed by atoms with E-state index in [0.717, 1.165) is 11.1 Å². The van der Waals surface area contributed by atoms with Crippen LogP contribution >= 0.6 is 0 Å². The predicted octanol–water partition coefficient (Wildman–Crippen LogP) is 3.64. The molecule has 0 radical (unpaired) electrons. The molecular weight excluding hydrogens is 269 g/mol. The van der Waals surface area contributed by atoms with E-state index in [4.69, 9.17) is 4.74 Å². The van der Waals surface area contributed by atoms with Crippen LogP contribution in [0.5, 0.6) is 5.75 Å². The van der Waals surface area contributed by atoms with Gasteiger partial charge in [-0.05, 0) is 35.7 Å². The van der Waals surface area contributed by atoms with Gasteiger partial charge in [0, 0.05) is 0 Å². The number of nitrogens with one attached hydrogen (secondary N) is 1. The molecule has 0 fully saturated rings. The lowest BCUT2D eigenvalue weighted by molar-refractivity contribution is -0.118. The molecule has 1 amide bonds. The highest BCUT2D eigenvalue weighted by Gasteiger charge is 2.20. The van der Waals surface area contributed by atoms with Gasteiger partial charge in [0.2, 0.25) is 0 Å². The third-order valence-corrected chi connectivity index (χ3v) is 3.33. The van der Waals surface area contributed by atoms with Gasteiger partial charge < -0.3 is 10.1 Å². The molecule has 1 aliphatic heterocycles. The van der Waals surface area contributed by atoms with Crippen molar-refractivity contribution in [1.29, 1.82) is 0 Å². The number of aryl methyl sites for hydroxylation is 1. The Hall–Kier alpha value is -2.62. The fraction of sp³-hybridized carbons (Fsp3) is 0.118. The second-order valence-corrected chi connectivity index (χ2v) is 4.91. The number of rotatable bonds is 2. The van der Waals surface area contributed by atoms with Crippen LogP contribution < -0.4 is 10.1 Å². The normalized spacial score (nSPS) is 13.7. The zero-order chi connectivity index (χ0) is 14.8. The summed E-state index contributed by atoms with van der Waals surface area (Å²) in [7, 11) is 0. The molecule has 3 rings (SSSR count). The number of fused-ring (bicyclic) bond motifs is 1. The average molecular weight is 283 g/mol. The minimum Gasteiger partial charge on any atom is -0.478 e. The third-order valence-electron chi connectivity index (χ3n) is 3.33. The lowest BCUT2D eigenvalue weighted by Gasteiger charge is -2.18. The molecule has 0 atom stereocenters. The molecule has 0 saturated heterocycles. The van der Waals surface area contributed by atoms with E-state index in [1.54, 1.807) is 6.07 Å². The van der Waals surface area contributed by atoms with E-state index in [1.807, 2.05) is 43.3 Å². The largest absolute Gasteiger partial charge is 0.478 e. The summed E-state index contributed by atoms with van der Waals surface area (Å²) in [5.74, 6) is -0.651. The van der Waals surface area contributed by atoms with E-state index >= 15 is 0 Å². The standard InChI is InChI=1S/C17H14FNO2/c1-11-4-2-3-5-13(11)7-6-12-8-14(18)17-15(9-12)19-16(20)10-21-17/h2-9H,10H2,1H3,(H,19,20). The zero-order valence-electron chi connectivity index (χ0n) is 11.5. The molecule has 2 aromatic carbocycles. The lowest BCUT2D eigenvalue weighted by atomic mass is 10.1. The van der Waals surface area contributed by atoms with Crippen molar-refractivity contribution in [2.75, 3.05) is 11.9 Å². The number of carbonyl (C=O) groups is 1. The van der Waals surface area contributed by atoms with Crippen LogP contribution in [-0.4, -0.2) is 12.5 Å². The Balaban J connectivity index is 1.93. The zero-order valence-corrected chi connectivity index (χ0v) is 11.5. The fourth-order valence-electron chi connectivity index (χ4n) is 2.23. The van der Waals surface area contributed by atoms with Gasteiger partial charge in [-0.3, -0.25) is 4.79 Å². The van der Waals surface area contributed by atoms with E-state index in [9.17, 15) is 9.18 Å². The van der Waals surface area contributed by atoms with E-state index in [2.05, 4.69) is 5.32 Å².